The van der Waals surface area contributed by atoms with Crippen molar-refractivity contribution in [2.75, 3.05) is 0 Å². The molecule has 0 saturated heterocycles. The van der Waals surface area contributed by atoms with Crippen LogP contribution < -0.4 is 0 Å². The van der Waals surface area contributed by atoms with Gasteiger partial charge in [-0.05, 0) is 60.8 Å². The summed E-state index contributed by atoms with van der Waals surface area (Å²) in [5, 5.41) is 9.60. The van der Waals surface area contributed by atoms with Gasteiger partial charge >= 0.3 is 0 Å². The van der Waals surface area contributed by atoms with Gasteiger partial charge in [-0.2, -0.15) is 0 Å². The van der Waals surface area contributed by atoms with Gasteiger partial charge in [0.05, 0.1) is 0 Å². The van der Waals surface area contributed by atoms with Gasteiger partial charge in [-0.1, -0.05) is 19.9 Å². The summed E-state index contributed by atoms with van der Waals surface area (Å²) < 4.78 is 0. The summed E-state index contributed by atoms with van der Waals surface area (Å²) in [5.74, 6) is 0.398. The third-order valence-electron chi connectivity index (χ3n) is 3.84. The van der Waals surface area contributed by atoms with Gasteiger partial charge in [-0.15, -0.1) is 0 Å². The maximum absolute atomic E-state index is 9.60. The molecule has 1 heteroatoms. The second-order valence-electron chi connectivity index (χ2n) is 4.45. The van der Waals surface area contributed by atoms with Gasteiger partial charge in [-0.3, -0.25) is 0 Å². The standard InChI is InChI=1S/C14H19O/c1-3-14(4-2)9-5-6-11-7-8-12(15)10-13(11)14/h7-10,15H,3-6H2,1-2H3. The van der Waals surface area contributed by atoms with Crippen LogP contribution in [0.4, 0.5) is 0 Å². The minimum absolute atomic E-state index is 0.201. The first-order valence-electron chi connectivity index (χ1n) is 5.88. The van der Waals surface area contributed by atoms with E-state index in [2.05, 4.69) is 26.3 Å². The summed E-state index contributed by atoms with van der Waals surface area (Å²) in [6.45, 7) is 4.47. The van der Waals surface area contributed by atoms with Crippen LogP contribution in [0.2, 0.25) is 0 Å². The van der Waals surface area contributed by atoms with E-state index in [-0.39, 0.29) is 5.41 Å². The van der Waals surface area contributed by atoms with Crippen LogP contribution in [0.3, 0.4) is 0 Å². The number of hydrogen-bond acceptors (Lipinski definition) is 1. The number of rotatable bonds is 2. The number of aryl methyl sites for hydroxylation is 1. The molecule has 0 fully saturated rings. The van der Waals surface area contributed by atoms with Crippen molar-refractivity contribution in [3.8, 4) is 5.75 Å². The molecule has 0 bridgehead atoms. The molecule has 0 heterocycles. The Balaban J connectivity index is 2.53. The molecule has 0 unspecified atom stereocenters. The summed E-state index contributed by atoms with van der Waals surface area (Å²) in [5.41, 5.74) is 2.96. The van der Waals surface area contributed by atoms with Gasteiger partial charge in [-0.25, -0.2) is 0 Å². The Bertz CT molecular complexity index is 350. The maximum atomic E-state index is 9.60. The van der Waals surface area contributed by atoms with Crippen molar-refractivity contribution < 1.29 is 5.11 Å². The SMILES string of the molecule is CCC1(CC)[CH]CCc2ccc(O)cc21. The zero-order valence-electron chi connectivity index (χ0n) is 9.59. The van der Waals surface area contributed by atoms with Crippen LogP contribution >= 0.6 is 0 Å². The molecule has 0 saturated carbocycles. The predicted octanol–water partition coefficient (Wildman–Crippen LogP) is 3.60. The lowest BCUT2D eigenvalue weighted by Gasteiger charge is -2.37. The van der Waals surface area contributed by atoms with Crippen LogP contribution in [0.5, 0.6) is 5.75 Å². The quantitative estimate of drug-likeness (QED) is 0.778. The molecule has 0 spiro atoms. The number of hydrogen-bond donors (Lipinski definition) is 1. The molecule has 1 aromatic rings. The van der Waals surface area contributed by atoms with E-state index in [1.807, 2.05) is 6.07 Å². The predicted molar refractivity (Wildman–Crippen MR) is 63.0 cm³/mol. The van der Waals surface area contributed by atoms with Crippen molar-refractivity contribution in [1.29, 1.82) is 0 Å². The molecule has 0 aliphatic heterocycles. The lowest BCUT2D eigenvalue weighted by Crippen LogP contribution is -2.30. The molecule has 1 aromatic carbocycles. The average Bonchev–Trinajstić information content (AvgIpc) is 2.28. The average molecular weight is 203 g/mol. The number of phenolic OH excluding ortho intramolecular Hbond substituents is 1. The van der Waals surface area contributed by atoms with Gasteiger partial charge in [0.1, 0.15) is 5.75 Å². The van der Waals surface area contributed by atoms with Crippen molar-refractivity contribution in [3.63, 3.8) is 0 Å². The minimum atomic E-state index is 0.201. The number of aromatic hydroxyl groups is 1. The minimum Gasteiger partial charge on any atom is -0.508 e. The van der Waals surface area contributed by atoms with Gasteiger partial charge < -0.3 is 5.11 Å². The summed E-state index contributed by atoms with van der Waals surface area (Å²) >= 11 is 0. The highest BCUT2D eigenvalue weighted by Crippen LogP contribution is 2.42. The Morgan fingerprint density at radius 1 is 1.27 bits per heavy atom. The van der Waals surface area contributed by atoms with E-state index in [4.69, 9.17) is 0 Å². The van der Waals surface area contributed by atoms with Crippen LogP contribution in [-0.2, 0) is 11.8 Å². The van der Waals surface area contributed by atoms with Crippen molar-refractivity contribution in [2.24, 2.45) is 0 Å². The van der Waals surface area contributed by atoms with Crippen molar-refractivity contribution in [1.82, 2.24) is 0 Å². The van der Waals surface area contributed by atoms with Crippen molar-refractivity contribution in [3.05, 3.63) is 35.7 Å². The molecular formula is C14H19O. The van der Waals surface area contributed by atoms with E-state index in [1.165, 1.54) is 17.5 Å². The lowest BCUT2D eigenvalue weighted by molar-refractivity contribution is 0.416. The normalized spacial score (nSPS) is 18.5. The summed E-state index contributed by atoms with van der Waals surface area (Å²) in [4.78, 5) is 0. The van der Waals surface area contributed by atoms with Crippen molar-refractivity contribution >= 4 is 0 Å². The smallest absolute Gasteiger partial charge is 0.115 e. The fraction of sp³-hybridized carbons (Fsp3) is 0.500. The zero-order valence-corrected chi connectivity index (χ0v) is 9.59. The molecule has 15 heavy (non-hydrogen) atoms. The molecule has 0 amide bonds. The summed E-state index contributed by atoms with van der Waals surface area (Å²) in [6.07, 6.45) is 6.98. The second kappa shape index (κ2) is 3.88. The third-order valence-corrected chi connectivity index (χ3v) is 3.84. The highest BCUT2D eigenvalue weighted by Gasteiger charge is 2.33. The molecule has 0 atom stereocenters. The molecule has 81 valence electrons. The first-order valence-corrected chi connectivity index (χ1v) is 5.88. The molecule has 1 aliphatic rings. The highest BCUT2D eigenvalue weighted by atomic mass is 16.3. The lowest BCUT2D eigenvalue weighted by atomic mass is 9.67. The number of phenols is 1. The maximum Gasteiger partial charge on any atom is 0.115 e. The molecule has 0 aromatic heterocycles. The molecule has 2 rings (SSSR count). The Kier molecular flexibility index (Phi) is 2.72. The number of fused-ring (bicyclic) bond motifs is 1. The van der Waals surface area contributed by atoms with Gasteiger partial charge in [0.2, 0.25) is 0 Å². The molecule has 1 aliphatic carbocycles. The van der Waals surface area contributed by atoms with E-state index in [1.54, 1.807) is 6.07 Å². The summed E-state index contributed by atoms with van der Waals surface area (Å²) in [7, 11) is 0. The van der Waals surface area contributed by atoms with Crippen LogP contribution in [0.1, 0.15) is 44.2 Å². The summed E-state index contributed by atoms with van der Waals surface area (Å²) in [6, 6.07) is 5.84. The van der Waals surface area contributed by atoms with Gasteiger partial charge in [0.15, 0.2) is 0 Å². The fourth-order valence-corrected chi connectivity index (χ4v) is 2.78. The highest BCUT2D eigenvalue weighted by molar-refractivity contribution is 5.44. The van der Waals surface area contributed by atoms with Crippen LogP contribution in [-0.4, -0.2) is 5.11 Å². The van der Waals surface area contributed by atoms with Crippen LogP contribution in [0, 0.1) is 6.42 Å². The Labute approximate surface area is 92.1 Å². The van der Waals surface area contributed by atoms with E-state index in [9.17, 15) is 5.11 Å². The van der Waals surface area contributed by atoms with Gasteiger partial charge in [0, 0.05) is 0 Å². The molecule has 1 N–H and O–H groups in total. The third kappa shape index (κ3) is 1.64. The van der Waals surface area contributed by atoms with Crippen LogP contribution in [0.15, 0.2) is 18.2 Å². The van der Waals surface area contributed by atoms with E-state index in [0.717, 1.165) is 19.3 Å². The van der Waals surface area contributed by atoms with Gasteiger partial charge in [0.25, 0.3) is 0 Å². The second-order valence-corrected chi connectivity index (χ2v) is 4.45. The fourth-order valence-electron chi connectivity index (χ4n) is 2.78. The topological polar surface area (TPSA) is 20.2 Å². The zero-order chi connectivity index (χ0) is 10.9. The first kappa shape index (κ1) is 10.5. The Hall–Kier alpha value is -0.980. The van der Waals surface area contributed by atoms with Crippen LogP contribution in [0.25, 0.3) is 0 Å². The molecular weight excluding hydrogens is 184 g/mol. The molecule has 1 nitrogen and oxygen atoms in total. The number of benzene rings is 1. The van der Waals surface area contributed by atoms with E-state index < -0.39 is 0 Å². The van der Waals surface area contributed by atoms with Crippen molar-refractivity contribution in [2.45, 2.75) is 44.9 Å². The largest absolute Gasteiger partial charge is 0.508 e. The van der Waals surface area contributed by atoms with E-state index >= 15 is 0 Å². The first-order chi connectivity index (χ1) is 7.22. The Morgan fingerprint density at radius 2 is 2.00 bits per heavy atom. The molecule has 1 radical (unpaired) electrons. The van der Waals surface area contributed by atoms with E-state index in [0.29, 0.717) is 5.75 Å². The Morgan fingerprint density at radius 3 is 2.67 bits per heavy atom. The monoisotopic (exact) mass is 203 g/mol.